The van der Waals surface area contributed by atoms with E-state index in [1.165, 1.54) is 13.8 Å². The summed E-state index contributed by atoms with van der Waals surface area (Å²) in [5.41, 5.74) is -1.10. The summed E-state index contributed by atoms with van der Waals surface area (Å²) >= 11 is 0. The first kappa shape index (κ1) is 14.1. The molecule has 7 heteroatoms. The van der Waals surface area contributed by atoms with Crippen molar-refractivity contribution < 1.29 is 21.6 Å². The van der Waals surface area contributed by atoms with Gasteiger partial charge in [-0.2, -0.15) is 13.2 Å². The molecule has 0 amide bonds. The Morgan fingerprint density at radius 3 is 1.94 bits per heavy atom. The Hall–Kier alpha value is 0.0300. The summed E-state index contributed by atoms with van der Waals surface area (Å²) in [4.78, 5) is 0. The van der Waals surface area contributed by atoms with Crippen LogP contribution in [0.5, 0.6) is 0 Å². The number of alkyl halides is 3. The van der Waals surface area contributed by atoms with Gasteiger partial charge in [-0.25, -0.2) is 8.42 Å². The van der Waals surface area contributed by atoms with Gasteiger partial charge in [-0.1, -0.05) is 13.8 Å². The predicted molar refractivity (Wildman–Crippen MR) is 55.8 cm³/mol. The fraction of sp³-hybridized carbons (Fsp3) is 1.00. The molecule has 96 valence electrons. The fourth-order valence-corrected chi connectivity index (χ4v) is 3.90. The van der Waals surface area contributed by atoms with Crippen molar-refractivity contribution in [3.63, 3.8) is 0 Å². The molecular formula is C9H14ClF3O2S. The van der Waals surface area contributed by atoms with Gasteiger partial charge in [-0.3, -0.25) is 0 Å². The lowest BCUT2D eigenvalue weighted by Gasteiger charge is -2.29. The van der Waals surface area contributed by atoms with Crippen molar-refractivity contribution in [1.29, 1.82) is 0 Å². The highest BCUT2D eigenvalue weighted by Gasteiger charge is 2.57. The average molecular weight is 279 g/mol. The van der Waals surface area contributed by atoms with Crippen LogP contribution in [0.4, 0.5) is 13.2 Å². The Morgan fingerprint density at radius 2 is 1.69 bits per heavy atom. The molecule has 0 aromatic rings. The lowest BCUT2D eigenvalue weighted by atomic mass is 9.83. The van der Waals surface area contributed by atoms with E-state index in [2.05, 4.69) is 0 Å². The molecule has 0 atom stereocenters. The van der Waals surface area contributed by atoms with Gasteiger partial charge >= 0.3 is 6.18 Å². The maximum absolute atomic E-state index is 12.3. The first-order chi connectivity index (χ1) is 6.87. The maximum atomic E-state index is 12.3. The minimum atomic E-state index is -4.28. The quantitative estimate of drug-likeness (QED) is 0.738. The van der Waals surface area contributed by atoms with Crippen LogP contribution in [0.3, 0.4) is 0 Å². The summed E-state index contributed by atoms with van der Waals surface area (Å²) in [5.74, 6) is 0. The SMILES string of the molecule is CC(C)(CC(F)(F)F)CC1(S(=O)(=O)Cl)CC1. The third-order valence-corrected chi connectivity index (χ3v) is 5.37. The topological polar surface area (TPSA) is 34.1 Å². The third-order valence-electron chi connectivity index (χ3n) is 2.80. The van der Waals surface area contributed by atoms with E-state index in [0.29, 0.717) is 12.8 Å². The molecule has 0 aromatic heterocycles. The lowest BCUT2D eigenvalue weighted by Crippen LogP contribution is -2.30. The van der Waals surface area contributed by atoms with Crippen LogP contribution in [0.2, 0.25) is 0 Å². The second kappa shape index (κ2) is 3.77. The highest BCUT2D eigenvalue weighted by Crippen LogP contribution is 2.54. The van der Waals surface area contributed by atoms with Crippen LogP contribution in [0.15, 0.2) is 0 Å². The monoisotopic (exact) mass is 278 g/mol. The van der Waals surface area contributed by atoms with E-state index < -0.39 is 31.8 Å². The van der Waals surface area contributed by atoms with Crippen molar-refractivity contribution in [2.75, 3.05) is 0 Å². The first-order valence-electron chi connectivity index (χ1n) is 4.88. The Bertz CT molecular complexity index is 369. The summed E-state index contributed by atoms with van der Waals surface area (Å²) < 4.78 is 58.1. The highest BCUT2D eigenvalue weighted by atomic mass is 35.7. The van der Waals surface area contributed by atoms with E-state index in [-0.39, 0.29) is 6.42 Å². The molecule has 0 spiro atoms. The van der Waals surface area contributed by atoms with Crippen LogP contribution in [0.1, 0.15) is 39.5 Å². The number of rotatable bonds is 4. The van der Waals surface area contributed by atoms with Crippen molar-refractivity contribution >= 4 is 19.7 Å². The number of hydrogen-bond acceptors (Lipinski definition) is 2. The van der Waals surface area contributed by atoms with E-state index in [1.807, 2.05) is 0 Å². The second-order valence-electron chi connectivity index (χ2n) is 5.25. The van der Waals surface area contributed by atoms with Crippen molar-refractivity contribution in [3.05, 3.63) is 0 Å². The summed E-state index contributed by atoms with van der Waals surface area (Å²) in [6.45, 7) is 2.84. The Labute approximate surface area is 97.6 Å². The van der Waals surface area contributed by atoms with Crippen LogP contribution in [0, 0.1) is 5.41 Å². The van der Waals surface area contributed by atoms with Gasteiger partial charge in [0.25, 0.3) is 0 Å². The molecule has 1 fully saturated rings. The zero-order valence-electron chi connectivity index (χ0n) is 9.07. The van der Waals surface area contributed by atoms with Gasteiger partial charge in [0.15, 0.2) is 0 Å². The zero-order chi connectivity index (χ0) is 12.8. The van der Waals surface area contributed by atoms with Crippen molar-refractivity contribution in [2.45, 2.75) is 50.5 Å². The van der Waals surface area contributed by atoms with Gasteiger partial charge in [0.2, 0.25) is 9.05 Å². The molecule has 0 heterocycles. The molecule has 0 radical (unpaired) electrons. The predicted octanol–water partition coefficient (Wildman–Crippen LogP) is 3.46. The summed E-state index contributed by atoms with van der Waals surface area (Å²) in [6.07, 6.45) is -4.59. The molecule has 0 unspecified atom stereocenters. The van der Waals surface area contributed by atoms with Crippen LogP contribution in [-0.2, 0) is 9.05 Å². The molecule has 0 N–H and O–H groups in total. The molecular weight excluding hydrogens is 265 g/mol. The van der Waals surface area contributed by atoms with Crippen LogP contribution in [0.25, 0.3) is 0 Å². The van der Waals surface area contributed by atoms with Gasteiger partial charge in [-0.15, -0.1) is 0 Å². The fourth-order valence-electron chi connectivity index (χ4n) is 2.12. The van der Waals surface area contributed by atoms with Crippen molar-refractivity contribution in [2.24, 2.45) is 5.41 Å². The van der Waals surface area contributed by atoms with Crippen molar-refractivity contribution in [1.82, 2.24) is 0 Å². The zero-order valence-corrected chi connectivity index (χ0v) is 10.6. The smallest absolute Gasteiger partial charge is 0.212 e. The van der Waals surface area contributed by atoms with E-state index in [9.17, 15) is 21.6 Å². The molecule has 0 bridgehead atoms. The largest absolute Gasteiger partial charge is 0.389 e. The normalized spacial score (nSPS) is 20.9. The average Bonchev–Trinajstić information content (AvgIpc) is 2.58. The Balaban J connectivity index is 2.75. The number of hydrogen-bond donors (Lipinski definition) is 0. The second-order valence-corrected chi connectivity index (χ2v) is 8.21. The minimum Gasteiger partial charge on any atom is -0.212 e. The van der Waals surface area contributed by atoms with Crippen molar-refractivity contribution in [3.8, 4) is 0 Å². The molecule has 0 aliphatic heterocycles. The van der Waals surface area contributed by atoms with Gasteiger partial charge in [0.1, 0.15) is 0 Å². The maximum Gasteiger partial charge on any atom is 0.389 e. The molecule has 1 rings (SSSR count). The molecule has 0 saturated heterocycles. The summed E-state index contributed by atoms with van der Waals surface area (Å²) in [5, 5.41) is 0. The highest BCUT2D eigenvalue weighted by molar-refractivity contribution is 8.15. The van der Waals surface area contributed by atoms with E-state index in [1.54, 1.807) is 0 Å². The number of halogens is 4. The van der Waals surface area contributed by atoms with Crippen LogP contribution >= 0.6 is 10.7 Å². The molecule has 1 saturated carbocycles. The standard InChI is InChI=1S/C9H14ClF3O2S/c1-7(2,6-9(11,12)13)5-8(3-4-8)16(10,14)15/h3-6H2,1-2H3. The van der Waals surface area contributed by atoms with Gasteiger partial charge in [0.05, 0.1) is 4.75 Å². The lowest BCUT2D eigenvalue weighted by molar-refractivity contribution is -0.155. The van der Waals surface area contributed by atoms with Crippen LogP contribution in [-0.4, -0.2) is 19.3 Å². The van der Waals surface area contributed by atoms with Gasteiger partial charge in [-0.05, 0) is 24.7 Å². The summed E-state index contributed by atoms with van der Waals surface area (Å²) in [6, 6.07) is 0. The minimum absolute atomic E-state index is 0.0364. The van der Waals surface area contributed by atoms with E-state index >= 15 is 0 Å². The Kier molecular flexibility index (Phi) is 3.32. The van der Waals surface area contributed by atoms with E-state index in [4.69, 9.17) is 10.7 Å². The van der Waals surface area contributed by atoms with Gasteiger partial charge < -0.3 is 0 Å². The van der Waals surface area contributed by atoms with E-state index in [0.717, 1.165) is 0 Å². The van der Waals surface area contributed by atoms with Crippen LogP contribution < -0.4 is 0 Å². The third kappa shape index (κ3) is 3.52. The summed E-state index contributed by atoms with van der Waals surface area (Å²) in [7, 11) is 1.48. The molecule has 0 aromatic carbocycles. The molecule has 1 aliphatic rings. The Morgan fingerprint density at radius 1 is 1.25 bits per heavy atom. The molecule has 1 aliphatic carbocycles. The molecule has 16 heavy (non-hydrogen) atoms. The van der Waals surface area contributed by atoms with Gasteiger partial charge in [0, 0.05) is 17.1 Å². The molecule has 2 nitrogen and oxygen atoms in total. The first-order valence-corrected chi connectivity index (χ1v) is 7.19.